The molecule has 2 fully saturated rings. The summed E-state index contributed by atoms with van der Waals surface area (Å²) in [4.78, 5) is 27.5. The molecular weight excluding hydrogens is 508 g/mol. The monoisotopic (exact) mass is 540 g/mol. The summed E-state index contributed by atoms with van der Waals surface area (Å²) < 4.78 is 0. The lowest BCUT2D eigenvalue weighted by molar-refractivity contribution is -0.124. The molecule has 1 amide bonds. The molecule has 0 spiro atoms. The lowest BCUT2D eigenvalue weighted by Gasteiger charge is -2.30. The second kappa shape index (κ2) is 11.1. The molecule has 0 bridgehead atoms. The third-order valence-electron chi connectivity index (χ3n) is 7.13. The predicted octanol–water partition coefficient (Wildman–Crippen LogP) is 7.88. The number of anilines is 2. The Morgan fingerprint density at radius 3 is 2.39 bits per heavy atom. The quantitative estimate of drug-likeness (QED) is 0.348. The topological polar surface area (TPSA) is 39.1 Å². The molecule has 2 aromatic carbocycles. The fraction of sp³-hybridized carbons (Fsp3) is 0.429. The first-order valence-electron chi connectivity index (χ1n) is 13.0. The van der Waals surface area contributed by atoms with Crippen LogP contribution in [0.5, 0.6) is 0 Å². The molecular formula is C28H33ClN4OS2. The van der Waals surface area contributed by atoms with Crippen LogP contribution in [-0.2, 0) is 4.79 Å². The van der Waals surface area contributed by atoms with Gasteiger partial charge in [0.1, 0.15) is 9.93 Å². The van der Waals surface area contributed by atoms with Crippen molar-refractivity contribution in [1.29, 1.82) is 0 Å². The molecule has 190 valence electrons. The van der Waals surface area contributed by atoms with Crippen molar-refractivity contribution in [1.82, 2.24) is 4.90 Å². The maximum atomic E-state index is 14.0. The number of fused-ring (bicyclic) bond motifs is 1. The number of hydrogen-bond acceptors (Lipinski definition) is 6. The van der Waals surface area contributed by atoms with E-state index in [0.29, 0.717) is 5.02 Å². The van der Waals surface area contributed by atoms with Crippen molar-refractivity contribution in [3.8, 4) is 0 Å². The van der Waals surface area contributed by atoms with Crippen LogP contribution in [0, 0.1) is 0 Å². The molecule has 2 aliphatic heterocycles. The van der Waals surface area contributed by atoms with E-state index in [2.05, 4.69) is 54.8 Å². The van der Waals surface area contributed by atoms with Crippen molar-refractivity contribution in [2.24, 2.45) is 4.99 Å². The van der Waals surface area contributed by atoms with E-state index in [4.69, 9.17) is 16.6 Å². The average molecular weight is 541 g/mol. The molecule has 8 heteroatoms. The summed E-state index contributed by atoms with van der Waals surface area (Å²) >= 11 is 9.50. The number of halogens is 1. The number of hydrogen-bond donors (Lipinski definition) is 0. The molecule has 36 heavy (non-hydrogen) atoms. The number of carbonyl (C=O) groups is 1. The number of nitrogens with zero attached hydrogens (tertiary/aromatic N) is 4. The number of carbonyl (C=O) groups excluding carboxylic acids is 1. The first-order valence-corrected chi connectivity index (χ1v) is 15.0. The maximum Gasteiger partial charge on any atom is 0.269 e. The molecule has 0 unspecified atom stereocenters. The van der Waals surface area contributed by atoms with Gasteiger partial charge < -0.3 is 9.80 Å². The molecule has 0 N–H and O–H groups in total. The molecule has 5 nitrogen and oxygen atoms in total. The van der Waals surface area contributed by atoms with E-state index in [1.165, 1.54) is 23.9 Å². The van der Waals surface area contributed by atoms with Crippen molar-refractivity contribution in [3.63, 3.8) is 0 Å². The zero-order valence-corrected chi connectivity index (χ0v) is 23.6. The minimum atomic E-state index is 0.0882. The minimum absolute atomic E-state index is 0.0882. The highest BCUT2D eigenvalue weighted by Gasteiger charge is 2.43. The zero-order chi connectivity index (χ0) is 25.2. The van der Waals surface area contributed by atoms with E-state index < -0.39 is 0 Å². The van der Waals surface area contributed by atoms with Crippen LogP contribution in [0.3, 0.4) is 0 Å². The van der Waals surface area contributed by atoms with Gasteiger partial charge in [0.2, 0.25) is 0 Å². The van der Waals surface area contributed by atoms with Crippen LogP contribution in [0.1, 0.15) is 52.9 Å². The van der Waals surface area contributed by atoms with Gasteiger partial charge in [0.25, 0.3) is 5.91 Å². The Hall–Kier alpha value is -2.09. The molecule has 5 rings (SSSR count). The van der Waals surface area contributed by atoms with Crippen LogP contribution in [0.4, 0.5) is 17.1 Å². The Kier molecular flexibility index (Phi) is 7.89. The number of thioether (sulfide) groups is 2. The van der Waals surface area contributed by atoms with Crippen LogP contribution in [0.15, 0.2) is 62.3 Å². The minimum Gasteiger partial charge on any atom is -0.372 e. The van der Waals surface area contributed by atoms with Crippen LogP contribution in [0.2, 0.25) is 5.02 Å². The van der Waals surface area contributed by atoms with Crippen molar-refractivity contribution < 1.29 is 4.79 Å². The summed E-state index contributed by atoms with van der Waals surface area (Å²) in [6, 6.07) is 14.6. The second-order valence-corrected chi connectivity index (χ2v) is 11.7. The van der Waals surface area contributed by atoms with Crippen LogP contribution >= 0.6 is 35.1 Å². The highest BCUT2D eigenvalue weighted by Crippen LogP contribution is 2.52. The fourth-order valence-electron chi connectivity index (χ4n) is 5.23. The third-order valence-corrected chi connectivity index (χ3v) is 9.72. The number of benzene rings is 2. The predicted molar refractivity (Wildman–Crippen MR) is 156 cm³/mol. The molecule has 2 heterocycles. The Morgan fingerprint density at radius 1 is 1.00 bits per heavy atom. The van der Waals surface area contributed by atoms with Crippen LogP contribution in [-0.4, -0.2) is 41.7 Å². The second-order valence-electron chi connectivity index (χ2n) is 9.24. The van der Waals surface area contributed by atoms with Gasteiger partial charge in [-0.25, -0.2) is 4.99 Å². The van der Waals surface area contributed by atoms with Gasteiger partial charge in [-0.2, -0.15) is 0 Å². The van der Waals surface area contributed by atoms with E-state index in [9.17, 15) is 4.79 Å². The largest absolute Gasteiger partial charge is 0.372 e. The Bertz CT molecular complexity index is 1190. The van der Waals surface area contributed by atoms with Crippen molar-refractivity contribution in [3.05, 3.63) is 57.4 Å². The third kappa shape index (κ3) is 4.90. The van der Waals surface area contributed by atoms with Gasteiger partial charge in [-0.05, 0) is 87.8 Å². The van der Waals surface area contributed by atoms with Crippen molar-refractivity contribution in [2.75, 3.05) is 29.4 Å². The molecule has 1 saturated carbocycles. The smallest absolute Gasteiger partial charge is 0.269 e. The number of rotatable bonds is 6. The fourth-order valence-corrected chi connectivity index (χ4v) is 7.83. The van der Waals surface area contributed by atoms with E-state index in [1.54, 1.807) is 11.8 Å². The van der Waals surface area contributed by atoms with Crippen molar-refractivity contribution in [2.45, 2.75) is 63.8 Å². The Balaban J connectivity index is 1.52. The molecule has 0 radical (unpaired) electrons. The highest BCUT2D eigenvalue weighted by atomic mass is 35.5. The molecule has 1 aliphatic carbocycles. The number of aliphatic imine (C=N–C) groups is 1. The van der Waals surface area contributed by atoms with Gasteiger partial charge in [-0.1, -0.05) is 42.6 Å². The summed E-state index contributed by atoms with van der Waals surface area (Å²) in [7, 11) is 0. The Morgan fingerprint density at radius 2 is 1.72 bits per heavy atom. The highest BCUT2D eigenvalue weighted by molar-refractivity contribution is 8.19. The van der Waals surface area contributed by atoms with Gasteiger partial charge >= 0.3 is 0 Å². The molecule has 1 saturated heterocycles. The van der Waals surface area contributed by atoms with E-state index in [-0.39, 0.29) is 11.9 Å². The van der Waals surface area contributed by atoms with Gasteiger partial charge in [-0.15, -0.1) is 0 Å². The molecule has 3 aliphatic rings. The maximum absolute atomic E-state index is 14.0. The van der Waals surface area contributed by atoms with Crippen LogP contribution < -0.4 is 9.80 Å². The average Bonchev–Trinajstić information content (AvgIpc) is 3.42. The summed E-state index contributed by atoms with van der Waals surface area (Å²) in [5.41, 5.74) is 3.16. The first kappa shape index (κ1) is 25.6. The summed E-state index contributed by atoms with van der Waals surface area (Å²) in [6.07, 6.45) is 5.65. The normalized spacial score (nSPS) is 21.6. The standard InChI is InChI=1S/C28H33ClN4OS2/c1-4-31(5-2)21-15-13-20(14-16-21)30-28-33(22-10-8-7-9-11-22)26(34)25(36-28)27-32(6-3)23-18-19(29)12-17-24(23)35-27/h12-18,22H,4-11H2,1-3H3. The molecule has 2 aromatic rings. The summed E-state index contributed by atoms with van der Waals surface area (Å²) in [6.45, 7) is 9.17. The van der Waals surface area contributed by atoms with E-state index in [1.807, 2.05) is 23.1 Å². The van der Waals surface area contributed by atoms with Crippen LogP contribution in [0.25, 0.3) is 0 Å². The molecule has 0 atom stereocenters. The molecule has 0 aromatic heterocycles. The summed E-state index contributed by atoms with van der Waals surface area (Å²) in [5.74, 6) is 0.0882. The van der Waals surface area contributed by atoms with Gasteiger partial charge in [0, 0.05) is 41.3 Å². The number of amidine groups is 1. The summed E-state index contributed by atoms with van der Waals surface area (Å²) in [5, 5.41) is 2.51. The lowest BCUT2D eigenvalue weighted by atomic mass is 9.94. The van der Waals surface area contributed by atoms with Gasteiger partial charge in [0.15, 0.2) is 5.17 Å². The number of amides is 1. The van der Waals surface area contributed by atoms with Crippen molar-refractivity contribution >= 4 is 63.3 Å². The Labute approximate surface area is 228 Å². The lowest BCUT2D eigenvalue weighted by Crippen LogP contribution is -2.40. The van der Waals surface area contributed by atoms with Gasteiger partial charge in [-0.3, -0.25) is 9.69 Å². The van der Waals surface area contributed by atoms with E-state index >= 15 is 0 Å². The van der Waals surface area contributed by atoms with E-state index in [0.717, 1.165) is 76.7 Å². The zero-order valence-electron chi connectivity index (χ0n) is 21.2. The van der Waals surface area contributed by atoms with Gasteiger partial charge in [0.05, 0.1) is 11.4 Å². The first-order chi connectivity index (χ1) is 17.5. The SMILES string of the molecule is CCN(CC)c1ccc(N=C2SC(=C3Sc4ccc(Cl)cc4N3CC)C(=O)N2C2CCCCC2)cc1.